The lowest BCUT2D eigenvalue weighted by molar-refractivity contribution is -0.385. The summed E-state index contributed by atoms with van der Waals surface area (Å²) in [4.78, 5) is 21.1. The number of benzene rings is 1. The maximum absolute atomic E-state index is 13.7. The predicted molar refractivity (Wildman–Crippen MR) is 66.5 cm³/mol. The van der Waals surface area contributed by atoms with Crippen LogP contribution in [-0.4, -0.2) is 23.5 Å². The number of methoxy groups -OCH3 is 1. The van der Waals surface area contributed by atoms with Crippen LogP contribution in [0.4, 0.5) is 15.8 Å². The van der Waals surface area contributed by atoms with Crippen LogP contribution in [0.15, 0.2) is 12.1 Å². The van der Waals surface area contributed by atoms with Crippen LogP contribution in [0.5, 0.6) is 5.75 Å². The molecule has 0 radical (unpaired) electrons. The third-order valence-corrected chi connectivity index (χ3v) is 2.53. The second-order valence-electron chi connectivity index (χ2n) is 4.38. The number of ether oxygens (including phenoxy) is 1. The Morgan fingerprint density at radius 1 is 1.53 bits per heavy atom. The Hall–Kier alpha value is -2.38. The van der Waals surface area contributed by atoms with E-state index in [4.69, 9.17) is 10.5 Å². The highest BCUT2D eigenvalue weighted by Gasteiger charge is 2.27. The van der Waals surface area contributed by atoms with Crippen molar-refractivity contribution in [2.45, 2.75) is 19.4 Å². The lowest BCUT2D eigenvalue weighted by atomic mass is 10.0. The molecule has 8 heteroatoms. The molecule has 1 aromatic rings. The monoisotopic (exact) mass is 271 g/mol. The Morgan fingerprint density at radius 2 is 2.11 bits per heavy atom. The second kappa shape index (κ2) is 5.09. The summed E-state index contributed by atoms with van der Waals surface area (Å²) in [7, 11) is 1.23. The predicted octanol–water partition coefficient (Wildman–Crippen LogP) is 1.42. The van der Waals surface area contributed by atoms with Crippen molar-refractivity contribution >= 4 is 17.3 Å². The van der Waals surface area contributed by atoms with E-state index >= 15 is 0 Å². The Balaban J connectivity index is 3.24. The molecule has 7 nitrogen and oxygen atoms in total. The van der Waals surface area contributed by atoms with E-state index in [0.29, 0.717) is 0 Å². The summed E-state index contributed by atoms with van der Waals surface area (Å²) in [6.45, 7) is 2.92. The van der Waals surface area contributed by atoms with E-state index in [1.54, 1.807) is 0 Å². The van der Waals surface area contributed by atoms with Gasteiger partial charge in [-0.05, 0) is 13.8 Å². The molecule has 1 amide bonds. The van der Waals surface area contributed by atoms with Gasteiger partial charge in [-0.1, -0.05) is 0 Å². The van der Waals surface area contributed by atoms with Crippen molar-refractivity contribution in [1.29, 1.82) is 0 Å². The number of amides is 1. The minimum atomic E-state index is -1.21. The standard InChI is InChI=1S/C11H14FN3O4/c1-11(2,10(13)16)14-7-5-9(19-3)8(15(17)18)4-6(7)12/h4-5,14H,1-3H3,(H2,13,16). The number of carbonyl (C=O) groups is 1. The van der Waals surface area contributed by atoms with Gasteiger partial charge in [-0.25, -0.2) is 4.39 Å². The van der Waals surface area contributed by atoms with Crippen LogP contribution in [0.1, 0.15) is 13.8 Å². The number of rotatable bonds is 5. The van der Waals surface area contributed by atoms with Gasteiger partial charge >= 0.3 is 5.69 Å². The Kier molecular flexibility index (Phi) is 3.93. The summed E-state index contributed by atoms with van der Waals surface area (Å²) in [5.41, 5.74) is 3.34. The zero-order chi connectivity index (χ0) is 14.8. The van der Waals surface area contributed by atoms with Crippen LogP contribution in [0.2, 0.25) is 0 Å². The van der Waals surface area contributed by atoms with Crippen molar-refractivity contribution in [3.05, 3.63) is 28.1 Å². The molecule has 0 aliphatic heterocycles. The number of nitro benzene ring substituents is 1. The fraction of sp³-hybridized carbons (Fsp3) is 0.364. The minimum Gasteiger partial charge on any atom is -0.490 e. The van der Waals surface area contributed by atoms with E-state index in [1.165, 1.54) is 21.0 Å². The van der Waals surface area contributed by atoms with Crippen LogP contribution in [0.25, 0.3) is 0 Å². The molecule has 0 aliphatic carbocycles. The van der Waals surface area contributed by atoms with Gasteiger partial charge in [0, 0.05) is 6.07 Å². The Bertz CT molecular complexity index is 531. The molecule has 104 valence electrons. The molecule has 0 fully saturated rings. The first-order valence-electron chi connectivity index (χ1n) is 5.29. The smallest absolute Gasteiger partial charge is 0.313 e. The number of nitro groups is 1. The average Bonchev–Trinajstić information content (AvgIpc) is 2.30. The van der Waals surface area contributed by atoms with E-state index in [2.05, 4.69) is 5.32 Å². The third-order valence-electron chi connectivity index (χ3n) is 2.53. The van der Waals surface area contributed by atoms with Crippen LogP contribution in [-0.2, 0) is 4.79 Å². The number of halogens is 1. The summed E-state index contributed by atoms with van der Waals surface area (Å²) in [5, 5.41) is 13.3. The first-order valence-corrected chi connectivity index (χ1v) is 5.29. The van der Waals surface area contributed by atoms with Crippen molar-refractivity contribution in [2.24, 2.45) is 5.73 Å². The van der Waals surface area contributed by atoms with E-state index < -0.39 is 27.9 Å². The maximum atomic E-state index is 13.7. The lowest BCUT2D eigenvalue weighted by Crippen LogP contribution is -2.45. The number of nitrogens with one attached hydrogen (secondary N) is 1. The van der Waals surface area contributed by atoms with Gasteiger partial charge in [-0.2, -0.15) is 0 Å². The van der Waals surface area contributed by atoms with Gasteiger partial charge < -0.3 is 15.8 Å². The zero-order valence-electron chi connectivity index (χ0n) is 10.7. The van der Waals surface area contributed by atoms with E-state index in [0.717, 1.165) is 12.1 Å². The SMILES string of the molecule is COc1cc(NC(C)(C)C(N)=O)c(F)cc1[N+](=O)[O-]. The number of hydrogen-bond donors (Lipinski definition) is 2. The summed E-state index contributed by atoms with van der Waals surface area (Å²) in [6, 6.07) is 1.83. The van der Waals surface area contributed by atoms with Crippen LogP contribution in [0.3, 0.4) is 0 Å². The van der Waals surface area contributed by atoms with Crippen LogP contribution >= 0.6 is 0 Å². The van der Waals surface area contributed by atoms with Gasteiger partial charge in [-0.3, -0.25) is 14.9 Å². The molecule has 1 aromatic carbocycles. The van der Waals surface area contributed by atoms with E-state index in [-0.39, 0.29) is 11.4 Å². The molecule has 0 atom stereocenters. The Labute approximate surface area is 108 Å². The van der Waals surface area contributed by atoms with Crippen molar-refractivity contribution in [3.8, 4) is 5.75 Å². The third kappa shape index (κ3) is 3.09. The molecular weight excluding hydrogens is 257 g/mol. The highest BCUT2D eigenvalue weighted by molar-refractivity contribution is 5.87. The number of nitrogens with two attached hydrogens (primary N) is 1. The molecule has 0 unspecified atom stereocenters. The van der Waals surface area contributed by atoms with Gasteiger partial charge in [0.2, 0.25) is 5.91 Å². The van der Waals surface area contributed by atoms with Crippen molar-refractivity contribution < 1.29 is 18.8 Å². The van der Waals surface area contributed by atoms with E-state index in [9.17, 15) is 19.3 Å². The number of carbonyl (C=O) groups excluding carboxylic acids is 1. The molecule has 3 N–H and O–H groups in total. The van der Waals surface area contributed by atoms with Gasteiger partial charge in [0.25, 0.3) is 0 Å². The first-order chi connectivity index (χ1) is 8.69. The lowest BCUT2D eigenvalue weighted by Gasteiger charge is -2.24. The number of primary amides is 1. The van der Waals surface area contributed by atoms with Crippen molar-refractivity contribution in [1.82, 2.24) is 0 Å². The summed E-state index contributed by atoms with van der Waals surface area (Å²) < 4.78 is 18.6. The molecule has 0 spiro atoms. The fourth-order valence-corrected chi connectivity index (χ4v) is 1.34. The molecule has 0 bridgehead atoms. The normalized spacial score (nSPS) is 10.9. The van der Waals surface area contributed by atoms with Gasteiger partial charge in [-0.15, -0.1) is 0 Å². The van der Waals surface area contributed by atoms with Crippen LogP contribution in [0, 0.1) is 15.9 Å². The van der Waals surface area contributed by atoms with E-state index in [1.807, 2.05) is 0 Å². The summed E-state index contributed by atoms with van der Waals surface area (Å²) in [6.07, 6.45) is 0. The second-order valence-corrected chi connectivity index (χ2v) is 4.38. The van der Waals surface area contributed by atoms with Crippen LogP contribution < -0.4 is 15.8 Å². The number of nitrogens with zero attached hydrogens (tertiary/aromatic N) is 1. The molecule has 1 rings (SSSR count). The molecular formula is C11H14FN3O4. The molecule has 0 saturated heterocycles. The molecule has 19 heavy (non-hydrogen) atoms. The minimum absolute atomic E-state index is 0.105. The van der Waals surface area contributed by atoms with Crippen molar-refractivity contribution in [3.63, 3.8) is 0 Å². The van der Waals surface area contributed by atoms with Crippen molar-refractivity contribution in [2.75, 3.05) is 12.4 Å². The molecule has 0 aromatic heterocycles. The summed E-state index contributed by atoms with van der Waals surface area (Å²) >= 11 is 0. The largest absolute Gasteiger partial charge is 0.490 e. The molecule has 0 saturated carbocycles. The number of hydrogen-bond acceptors (Lipinski definition) is 5. The molecule has 0 heterocycles. The average molecular weight is 271 g/mol. The highest BCUT2D eigenvalue weighted by atomic mass is 19.1. The molecule has 0 aliphatic rings. The van der Waals surface area contributed by atoms with Gasteiger partial charge in [0.15, 0.2) is 11.6 Å². The summed E-state index contributed by atoms with van der Waals surface area (Å²) in [5.74, 6) is -1.68. The van der Waals surface area contributed by atoms with Gasteiger partial charge in [0.05, 0.1) is 23.8 Å². The number of anilines is 1. The zero-order valence-corrected chi connectivity index (χ0v) is 10.7. The van der Waals surface area contributed by atoms with Gasteiger partial charge in [0.1, 0.15) is 5.54 Å². The highest BCUT2D eigenvalue weighted by Crippen LogP contribution is 2.33. The fourth-order valence-electron chi connectivity index (χ4n) is 1.34. The first kappa shape index (κ1) is 14.7. The maximum Gasteiger partial charge on any atom is 0.313 e. The quantitative estimate of drug-likeness (QED) is 0.622. The topological polar surface area (TPSA) is 107 Å². The Morgan fingerprint density at radius 3 is 2.53 bits per heavy atom.